The lowest BCUT2D eigenvalue weighted by atomic mass is 10.2. The number of anilines is 1. The summed E-state index contributed by atoms with van der Waals surface area (Å²) in [6.45, 7) is 2.04. The molecule has 4 rings (SSSR count). The van der Waals surface area contributed by atoms with Crippen molar-refractivity contribution in [2.24, 2.45) is 0 Å². The van der Waals surface area contributed by atoms with Crippen LogP contribution in [0.25, 0.3) is 5.69 Å². The highest BCUT2D eigenvalue weighted by Crippen LogP contribution is 2.28. The minimum absolute atomic E-state index is 0.158. The molecule has 0 saturated carbocycles. The van der Waals surface area contributed by atoms with E-state index in [2.05, 4.69) is 37.8 Å². The van der Waals surface area contributed by atoms with E-state index in [0.717, 1.165) is 15.8 Å². The third-order valence-corrected chi connectivity index (χ3v) is 7.01. The molecule has 0 spiro atoms. The molecule has 0 radical (unpaired) electrons. The molecule has 0 unspecified atom stereocenters. The van der Waals surface area contributed by atoms with Crippen LogP contribution in [0.3, 0.4) is 0 Å². The fourth-order valence-electron chi connectivity index (χ4n) is 2.53. The fraction of sp³-hybridized carbons (Fsp3) is 0.150. The first-order valence-corrected chi connectivity index (χ1v) is 11.9. The topological polar surface area (TPSA) is 85.6 Å². The van der Waals surface area contributed by atoms with Crippen molar-refractivity contribution in [3.05, 3.63) is 72.1 Å². The van der Waals surface area contributed by atoms with Crippen LogP contribution in [-0.2, 0) is 10.5 Å². The van der Waals surface area contributed by atoms with Gasteiger partial charge in [-0.2, -0.15) is 0 Å². The number of nitrogens with zero attached hydrogens (tertiary/aromatic N) is 5. The molecular formula is C20H18N6OS3. The van der Waals surface area contributed by atoms with Crippen LogP contribution in [0, 0.1) is 6.92 Å². The third kappa shape index (κ3) is 5.47. The Morgan fingerprint density at radius 1 is 1.03 bits per heavy atom. The molecule has 0 aliphatic carbocycles. The lowest BCUT2D eigenvalue weighted by Crippen LogP contribution is -2.14. The Labute approximate surface area is 186 Å². The minimum atomic E-state index is -0.158. The van der Waals surface area contributed by atoms with E-state index in [1.807, 2.05) is 54.0 Å². The van der Waals surface area contributed by atoms with Gasteiger partial charge < -0.3 is 0 Å². The fourth-order valence-corrected chi connectivity index (χ4v) is 4.98. The molecular weight excluding hydrogens is 436 g/mol. The van der Waals surface area contributed by atoms with Gasteiger partial charge in [-0.05, 0) is 24.6 Å². The first-order valence-electron chi connectivity index (χ1n) is 9.07. The average molecular weight is 455 g/mol. The van der Waals surface area contributed by atoms with Gasteiger partial charge in [0.25, 0.3) is 0 Å². The zero-order valence-electron chi connectivity index (χ0n) is 16.1. The monoisotopic (exact) mass is 454 g/mol. The van der Waals surface area contributed by atoms with Crippen LogP contribution in [0.1, 0.15) is 11.1 Å². The standard InChI is InChI=1S/C20H18N6OS3/c1-14-7-9-16(10-8-14)26-13-21-24-19(26)28-12-17(27)22-18-23-25-20(30-18)29-11-15-5-3-2-4-6-15/h2-10,13H,11-12H2,1H3,(H,22,23,27). The Morgan fingerprint density at radius 2 is 1.83 bits per heavy atom. The Balaban J connectivity index is 1.29. The van der Waals surface area contributed by atoms with Crippen LogP contribution < -0.4 is 5.32 Å². The molecule has 1 amide bonds. The largest absolute Gasteiger partial charge is 0.300 e. The summed E-state index contributed by atoms with van der Waals surface area (Å²) in [6, 6.07) is 18.2. The number of hydrogen-bond donors (Lipinski definition) is 1. The second-order valence-electron chi connectivity index (χ2n) is 6.30. The van der Waals surface area contributed by atoms with Gasteiger partial charge in [0, 0.05) is 11.4 Å². The Morgan fingerprint density at radius 3 is 2.63 bits per heavy atom. The first-order chi connectivity index (χ1) is 14.7. The molecule has 0 fully saturated rings. The van der Waals surface area contributed by atoms with Gasteiger partial charge in [-0.3, -0.25) is 14.7 Å². The van der Waals surface area contributed by atoms with Crippen molar-refractivity contribution in [3.8, 4) is 5.69 Å². The minimum Gasteiger partial charge on any atom is -0.300 e. The molecule has 1 N–H and O–H groups in total. The van der Waals surface area contributed by atoms with E-state index in [4.69, 9.17) is 0 Å². The van der Waals surface area contributed by atoms with E-state index in [1.165, 1.54) is 34.2 Å². The molecule has 152 valence electrons. The third-order valence-electron chi connectivity index (χ3n) is 4.02. The zero-order valence-corrected chi connectivity index (χ0v) is 18.5. The highest BCUT2D eigenvalue weighted by molar-refractivity contribution is 8.00. The van der Waals surface area contributed by atoms with Crippen molar-refractivity contribution in [1.29, 1.82) is 0 Å². The van der Waals surface area contributed by atoms with Crippen molar-refractivity contribution < 1.29 is 4.79 Å². The number of nitrogens with one attached hydrogen (secondary N) is 1. The SMILES string of the molecule is Cc1ccc(-n2cnnc2SCC(=O)Nc2nnc(SCc3ccccc3)s2)cc1. The maximum absolute atomic E-state index is 12.3. The smallest absolute Gasteiger partial charge is 0.236 e. The second-order valence-corrected chi connectivity index (χ2v) is 9.45. The predicted octanol–water partition coefficient (Wildman–Crippen LogP) is 4.45. The van der Waals surface area contributed by atoms with Crippen molar-refractivity contribution >= 4 is 45.9 Å². The normalized spacial score (nSPS) is 10.8. The van der Waals surface area contributed by atoms with Crippen molar-refractivity contribution in [2.75, 3.05) is 11.1 Å². The second kappa shape index (κ2) is 9.88. The van der Waals surface area contributed by atoms with Crippen LogP contribution >= 0.6 is 34.9 Å². The van der Waals surface area contributed by atoms with Crippen LogP contribution in [0.2, 0.25) is 0 Å². The Bertz CT molecular complexity index is 1110. The number of carbonyl (C=O) groups is 1. The summed E-state index contributed by atoms with van der Waals surface area (Å²) in [5.74, 6) is 0.860. The summed E-state index contributed by atoms with van der Waals surface area (Å²) in [4.78, 5) is 12.3. The number of aryl methyl sites for hydroxylation is 1. The summed E-state index contributed by atoms with van der Waals surface area (Å²) in [5.41, 5.74) is 3.36. The molecule has 30 heavy (non-hydrogen) atoms. The number of carbonyl (C=O) groups excluding carboxylic acids is 1. The van der Waals surface area contributed by atoms with E-state index in [-0.39, 0.29) is 11.7 Å². The van der Waals surface area contributed by atoms with Crippen LogP contribution in [-0.4, -0.2) is 36.6 Å². The summed E-state index contributed by atoms with van der Waals surface area (Å²) in [7, 11) is 0. The highest BCUT2D eigenvalue weighted by Gasteiger charge is 2.12. The molecule has 10 heteroatoms. The van der Waals surface area contributed by atoms with Gasteiger partial charge in [-0.1, -0.05) is 82.9 Å². The van der Waals surface area contributed by atoms with E-state index in [1.54, 1.807) is 18.1 Å². The molecule has 0 saturated heterocycles. The molecule has 2 heterocycles. The number of rotatable bonds is 8. The van der Waals surface area contributed by atoms with Gasteiger partial charge >= 0.3 is 0 Å². The van der Waals surface area contributed by atoms with Gasteiger partial charge in [0.05, 0.1) is 5.75 Å². The maximum Gasteiger partial charge on any atom is 0.236 e. The maximum atomic E-state index is 12.3. The van der Waals surface area contributed by atoms with Gasteiger partial charge in [-0.15, -0.1) is 20.4 Å². The highest BCUT2D eigenvalue weighted by atomic mass is 32.2. The average Bonchev–Trinajstić information content (AvgIpc) is 3.41. The number of benzene rings is 2. The molecule has 2 aromatic heterocycles. The molecule has 0 aliphatic heterocycles. The van der Waals surface area contributed by atoms with Gasteiger partial charge in [0.15, 0.2) is 9.50 Å². The summed E-state index contributed by atoms with van der Waals surface area (Å²) in [5, 5.41) is 20.2. The van der Waals surface area contributed by atoms with Crippen LogP contribution in [0.15, 0.2) is 70.4 Å². The molecule has 0 aliphatic rings. The van der Waals surface area contributed by atoms with Gasteiger partial charge in [0.2, 0.25) is 11.0 Å². The molecule has 0 bridgehead atoms. The number of amides is 1. The van der Waals surface area contributed by atoms with E-state index in [0.29, 0.717) is 10.3 Å². The van der Waals surface area contributed by atoms with Crippen molar-refractivity contribution in [1.82, 2.24) is 25.0 Å². The summed E-state index contributed by atoms with van der Waals surface area (Å²) < 4.78 is 2.68. The lowest BCUT2D eigenvalue weighted by molar-refractivity contribution is -0.113. The Hall–Kier alpha value is -2.69. The first kappa shape index (κ1) is 20.6. The Kier molecular flexibility index (Phi) is 6.77. The quantitative estimate of drug-likeness (QED) is 0.311. The van der Waals surface area contributed by atoms with Gasteiger partial charge in [-0.25, -0.2) is 0 Å². The molecule has 2 aromatic carbocycles. The van der Waals surface area contributed by atoms with E-state index >= 15 is 0 Å². The number of thioether (sulfide) groups is 2. The number of aromatic nitrogens is 5. The number of hydrogen-bond acceptors (Lipinski definition) is 8. The summed E-state index contributed by atoms with van der Waals surface area (Å²) >= 11 is 4.29. The molecule has 4 aromatic rings. The van der Waals surface area contributed by atoms with Crippen molar-refractivity contribution in [2.45, 2.75) is 22.2 Å². The molecule has 0 atom stereocenters. The van der Waals surface area contributed by atoms with E-state index < -0.39 is 0 Å². The van der Waals surface area contributed by atoms with Crippen LogP contribution in [0.5, 0.6) is 0 Å². The van der Waals surface area contributed by atoms with Gasteiger partial charge in [0.1, 0.15) is 6.33 Å². The molecule has 7 nitrogen and oxygen atoms in total. The zero-order chi connectivity index (χ0) is 20.8. The van der Waals surface area contributed by atoms with E-state index in [9.17, 15) is 4.79 Å². The summed E-state index contributed by atoms with van der Waals surface area (Å²) in [6.07, 6.45) is 1.64. The van der Waals surface area contributed by atoms with Crippen LogP contribution in [0.4, 0.5) is 5.13 Å². The predicted molar refractivity (Wildman–Crippen MR) is 121 cm³/mol. The lowest BCUT2D eigenvalue weighted by Gasteiger charge is -2.06. The van der Waals surface area contributed by atoms with Crippen molar-refractivity contribution in [3.63, 3.8) is 0 Å².